The van der Waals surface area contributed by atoms with Gasteiger partial charge in [0.2, 0.25) is 0 Å². The minimum atomic E-state index is -0.265. The Bertz CT molecular complexity index is 719. The van der Waals surface area contributed by atoms with E-state index in [2.05, 4.69) is 22.6 Å². The molecule has 1 amide bonds. The number of para-hydroxylation sites is 1. The molecule has 1 saturated carbocycles. The van der Waals surface area contributed by atoms with Crippen molar-refractivity contribution >= 4 is 17.5 Å². The molecule has 1 aliphatic carbocycles. The molecular formula is C18H23ClN4O2. The van der Waals surface area contributed by atoms with Crippen LogP contribution in [0.3, 0.4) is 0 Å². The first-order valence-electron chi connectivity index (χ1n) is 8.72. The third-order valence-electron chi connectivity index (χ3n) is 4.58. The summed E-state index contributed by atoms with van der Waals surface area (Å²) in [6, 6.07) is 7.27. The summed E-state index contributed by atoms with van der Waals surface area (Å²) in [6.07, 6.45) is 6.74. The number of nitrogens with zero attached hydrogens (tertiary/aromatic N) is 3. The van der Waals surface area contributed by atoms with Crippen LogP contribution in [0.25, 0.3) is 5.69 Å². The Labute approximate surface area is 152 Å². The van der Waals surface area contributed by atoms with Gasteiger partial charge >= 0.3 is 0 Å². The molecule has 3 rings (SSSR count). The number of nitrogens with one attached hydrogen (secondary N) is 1. The van der Waals surface area contributed by atoms with Crippen LogP contribution in [-0.4, -0.2) is 40.2 Å². The minimum absolute atomic E-state index is 0.256. The van der Waals surface area contributed by atoms with E-state index in [1.165, 1.54) is 23.9 Å². The van der Waals surface area contributed by atoms with Crippen LogP contribution >= 0.6 is 11.6 Å². The lowest BCUT2D eigenvalue weighted by Crippen LogP contribution is -2.32. The standard InChI is InChI=1S/C18H23ClN4O2/c1-13-6-2-5-9-17(13)25-11-10-20-18(24)15-12-23(22-21-15)16-8-4-3-7-14(16)19/h3-4,7-8,12-13,17H,2,5-6,9-11H2,1H3,(H,20,24). The van der Waals surface area contributed by atoms with Crippen LogP contribution in [0.2, 0.25) is 5.02 Å². The maximum Gasteiger partial charge on any atom is 0.273 e. The van der Waals surface area contributed by atoms with Crippen molar-refractivity contribution in [3.05, 3.63) is 41.2 Å². The molecule has 2 unspecified atom stereocenters. The van der Waals surface area contributed by atoms with E-state index >= 15 is 0 Å². The van der Waals surface area contributed by atoms with Crippen molar-refractivity contribution in [3.63, 3.8) is 0 Å². The van der Waals surface area contributed by atoms with Gasteiger partial charge in [-0.1, -0.05) is 48.7 Å². The molecule has 25 heavy (non-hydrogen) atoms. The maximum atomic E-state index is 12.2. The number of hydrogen-bond donors (Lipinski definition) is 1. The lowest BCUT2D eigenvalue weighted by molar-refractivity contribution is -0.00295. The Morgan fingerprint density at radius 1 is 1.36 bits per heavy atom. The highest BCUT2D eigenvalue weighted by Gasteiger charge is 2.21. The molecule has 0 bridgehead atoms. The number of ether oxygens (including phenoxy) is 1. The first-order valence-corrected chi connectivity index (χ1v) is 9.10. The number of hydrogen-bond acceptors (Lipinski definition) is 4. The number of amides is 1. The van der Waals surface area contributed by atoms with Crippen molar-refractivity contribution in [2.24, 2.45) is 5.92 Å². The van der Waals surface area contributed by atoms with Gasteiger partial charge in [0.15, 0.2) is 5.69 Å². The van der Waals surface area contributed by atoms with Gasteiger partial charge < -0.3 is 10.1 Å². The lowest BCUT2D eigenvalue weighted by Gasteiger charge is -2.28. The Morgan fingerprint density at radius 2 is 2.16 bits per heavy atom. The second-order valence-electron chi connectivity index (χ2n) is 6.43. The van der Waals surface area contributed by atoms with E-state index < -0.39 is 0 Å². The molecule has 0 spiro atoms. The predicted octanol–water partition coefficient (Wildman–Crippen LogP) is 3.25. The number of carbonyl (C=O) groups excluding carboxylic acids is 1. The largest absolute Gasteiger partial charge is 0.376 e. The fraction of sp³-hybridized carbons (Fsp3) is 0.500. The third-order valence-corrected chi connectivity index (χ3v) is 4.90. The first kappa shape index (κ1) is 17.9. The normalized spacial score (nSPS) is 20.4. The topological polar surface area (TPSA) is 69.0 Å². The van der Waals surface area contributed by atoms with E-state index in [0.717, 1.165) is 6.42 Å². The molecule has 1 fully saturated rings. The van der Waals surface area contributed by atoms with Gasteiger partial charge in [0.05, 0.1) is 29.6 Å². The van der Waals surface area contributed by atoms with Gasteiger partial charge in [0, 0.05) is 6.54 Å². The zero-order valence-corrected chi connectivity index (χ0v) is 15.1. The molecule has 0 aliphatic heterocycles. The lowest BCUT2D eigenvalue weighted by atomic mass is 9.88. The Morgan fingerprint density at radius 3 is 2.96 bits per heavy atom. The Kier molecular flexibility index (Phi) is 6.04. The van der Waals surface area contributed by atoms with Gasteiger partial charge in [-0.2, -0.15) is 0 Å². The van der Waals surface area contributed by atoms with Crippen LogP contribution in [0.15, 0.2) is 30.5 Å². The van der Waals surface area contributed by atoms with E-state index in [-0.39, 0.29) is 11.6 Å². The molecule has 0 saturated heterocycles. The van der Waals surface area contributed by atoms with Gasteiger partial charge in [-0.25, -0.2) is 4.68 Å². The summed E-state index contributed by atoms with van der Waals surface area (Å²) < 4.78 is 7.40. The minimum Gasteiger partial charge on any atom is -0.376 e. The number of aromatic nitrogens is 3. The van der Waals surface area contributed by atoms with Crippen molar-refractivity contribution in [1.82, 2.24) is 20.3 Å². The van der Waals surface area contributed by atoms with E-state index in [1.54, 1.807) is 12.3 Å². The molecule has 2 aromatic rings. The van der Waals surface area contributed by atoms with Crippen LogP contribution < -0.4 is 5.32 Å². The van der Waals surface area contributed by atoms with Crippen LogP contribution in [0, 0.1) is 5.92 Å². The summed E-state index contributed by atoms with van der Waals surface area (Å²) in [5.74, 6) is 0.332. The van der Waals surface area contributed by atoms with Gasteiger partial charge in [-0.05, 0) is 30.9 Å². The maximum absolute atomic E-state index is 12.2. The second-order valence-corrected chi connectivity index (χ2v) is 6.83. The molecule has 1 N–H and O–H groups in total. The fourth-order valence-electron chi connectivity index (χ4n) is 3.12. The SMILES string of the molecule is CC1CCCCC1OCCNC(=O)c1cn(-c2ccccc2Cl)nn1. The van der Waals surface area contributed by atoms with Gasteiger partial charge in [0.1, 0.15) is 0 Å². The predicted molar refractivity (Wildman–Crippen MR) is 96.1 cm³/mol. The van der Waals surface area contributed by atoms with Crippen LogP contribution in [-0.2, 0) is 4.74 Å². The highest BCUT2D eigenvalue weighted by Crippen LogP contribution is 2.26. The molecular weight excluding hydrogens is 340 g/mol. The smallest absolute Gasteiger partial charge is 0.273 e. The summed E-state index contributed by atoms with van der Waals surface area (Å²) >= 11 is 6.13. The molecule has 1 aliphatic rings. The summed E-state index contributed by atoms with van der Waals surface area (Å²) in [7, 11) is 0. The summed E-state index contributed by atoms with van der Waals surface area (Å²) in [4.78, 5) is 12.2. The molecule has 0 radical (unpaired) electrons. The van der Waals surface area contributed by atoms with Crippen LogP contribution in [0.4, 0.5) is 0 Å². The second kappa shape index (κ2) is 8.45. The number of halogens is 1. The van der Waals surface area contributed by atoms with Crippen molar-refractivity contribution in [2.75, 3.05) is 13.2 Å². The van der Waals surface area contributed by atoms with E-state index in [9.17, 15) is 4.79 Å². The van der Waals surface area contributed by atoms with Crippen LogP contribution in [0.1, 0.15) is 43.1 Å². The van der Waals surface area contributed by atoms with E-state index in [4.69, 9.17) is 16.3 Å². The van der Waals surface area contributed by atoms with Gasteiger partial charge in [-0.15, -0.1) is 5.10 Å². The zero-order chi connectivity index (χ0) is 17.6. The fourth-order valence-corrected chi connectivity index (χ4v) is 3.34. The van der Waals surface area contributed by atoms with Crippen molar-refractivity contribution in [1.29, 1.82) is 0 Å². The zero-order valence-electron chi connectivity index (χ0n) is 14.3. The first-order chi connectivity index (χ1) is 12.1. The summed E-state index contributed by atoms with van der Waals surface area (Å²) in [5.41, 5.74) is 0.941. The van der Waals surface area contributed by atoms with E-state index in [0.29, 0.717) is 35.9 Å². The molecule has 1 heterocycles. The van der Waals surface area contributed by atoms with Gasteiger partial charge in [0.25, 0.3) is 5.91 Å². The molecule has 2 atom stereocenters. The highest BCUT2D eigenvalue weighted by molar-refractivity contribution is 6.32. The monoisotopic (exact) mass is 362 g/mol. The Balaban J connectivity index is 1.48. The number of rotatable bonds is 6. The number of benzene rings is 1. The van der Waals surface area contributed by atoms with E-state index in [1.807, 2.05) is 18.2 Å². The average molecular weight is 363 g/mol. The van der Waals surface area contributed by atoms with Crippen molar-refractivity contribution in [3.8, 4) is 5.69 Å². The molecule has 1 aromatic carbocycles. The summed E-state index contributed by atoms with van der Waals surface area (Å²) in [6.45, 7) is 3.20. The average Bonchev–Trinajstić information content (AvgIpc) is 3.10. The Hall–Kier alpha value is -1.92. The highest BCUT2D eigenvalue weighted by atomic mass is 35.5. The van der Waals surface area contributed by atoms with Crippen molar-refractivity contribution < 1.29 is 9.53 Å². The molecule has 134 valence electrons. The molecule has 6 nitrogen and oxygen atoms in total. The third kappa shape index (κ3) is 4.58. The van der Waals surface area contributed by atoms with Crippen molar-refractivity contribution in [2.45, 2.75) is 38.7 Å². The quantitative estimate of drug-likeness (QED) is 0.801. The molecule has 7 heteroatoms. The molecule has 1 aromatic heterocycles. The van der Waals surface area contributed by atoms with Gasteiger partial charge in [-0.3, -0.25) is 4.79 Å². The number of carbonyl (C=O) groups is 1. The van der Waals surface area contributed by atoms with Crippen LogP contribution in [0.5, 0.6) is 0 Å². The summed E-state index contributed by atoms with van der Waals surface area (Å²) in [5, 5.41) is 11.3.